The normalized spacial score (nSPS) is 20.8. The molecule has 1 saturated carbocycles. The van der Waals surface area contributed by atoms with E-state index in [1.165, 1.54) is 4.88 Å². The van der Waals surface area contributed by atoms with Gasteiger partial charge in [-0.1, -0.05) is 0 Å². The number of thiophene rings is 1. The van der Waals surface area contributed by atoms with Gasteiger partial charge in [-0.3, -0.25) is 14.3 Å². The van der Waals surface area contributed by atoms with E-state index in [1.807, 2.05) is 11.0 Å². The molecule has 1 aliphatic carbocycles. The molecule has 2 aliphatic heterocycles. The lowest BCUT2D eigenvalue weighted by Crippen LogP contribution is -2.48. The molecule has 2 fully saturated rings. The molecule has 2 aromatic heterocycles. The predicted octanol–water partition coefficient (Wildman–Crippen LogP) is 2.08. The number of hydrogen-bond donors (Lipinski definition) is 1. The third-order valence-corrected chi connectivity index (χ3v) is 7.24. The average molecular weight is 401 g/mol. The average Bonchev–Trinajstić information content (AvgIpc) is 3.22. The van der Waals surface area contributed by atoms with Crippen molar-refractivity contribution in [1.82, 2.24) is 20.0 Å². The van der Waals surface area contributed by atoms with Crippen molar-refractivity contribution < 1.29 is 14.3 Å². The van der Waals surface area contributed by atoms with Crippen molar-refractivity contribution in [2.24, 2.45) is 7.05 Å². The van der Waals surface area contributed by atoms with Gasteiger partial charge in [-0.2, -0.15) is 5.10 Å². The highest BCUT2D eigenvalue weighted by Crippen LogP contribution is 2.44. The van der Waals surface area contributed by atoms with Gasteiger partial charge in [0.15, 0.2) is 0 Å². The molecule has 0 radical (unpaired) electrons. The van der Waals surface area contributed by atoms with E-state index in [4.69, 9.17) is 4.74 Å². The van der Waals surface area contributed by atoms with Gasteiger partial charge in [0.2, 0.25) is 0 Å². The Morgan fingerprint density at radius 2 is 2.11 bits per heavy atom. The molecule has 8 heteroatoms. The van der Waals surface area contributed by atoms with Crippen LogP contribution in [-0.4, -0.2) is 52.2 Å². The lowest BCUT2D eigenvalue weighted by atomic mass is 9.82. The van der Waals surface area contributed by atoms with Gasteiger partial charge in [-0.05, 0) is 43.4 Å². The van der Waals surface area contributed by atoms with E-state index in [0.717, 1.165) is 42.5 Å². The first kappa shape index (κ1) is 17.9. The summed E-state index contributed by atoms with van der Waals surface area (Å²) in [5.41, 5.74) is 1.40. The molecular formula is C20H24N4O3S. The summed E-state index contributed by atoms with van der Waals surface area (Å²) in [5, 5.41) is 7.18. The minimum absolute atomic E-state index is 0.0145. The molecule has 7 nitrogen and oxygen atoms in total. The molecule has 2 amide bonds. The van der Waals surface area contributed by atoms with Crippen molar-refractivity contribution in [2.45, 2.75) is 43.7 Å². The van der Waals surface area contributed by atoms with Crippen molar-refractivity contribution in [2.75, 3.05) is 19.7 Å². The van der Waals surface area contributed by atoms with Crippen LogP contribution in [0.5, 0.6) is 0 Å². The number of aryl methyl sites for hydroxylation is 1. The van der Waals surface area contributed by atoms with E-state index in [9.17, 15) is 9.59 Å². The van der Waals surface area contributed by atoms with Crippen LogP contribution in [0.2, 0.25) is 0 Å². The summed E-state index contributed by atoms with van der Waals surface area (Å²) in [6.07, 6.45) is 6.19. The molecule has 0 atom stereocenters. The maximum Gasteiger partial charge on any atom is 0.272 e. The summed E-state index contributed by atoms with van der Waals surface area (Å²) >= 11 is 1.60. The number of nitrogens with one attached hydrogen (secondary N) is 1. The second-order valence-electron chi connectivity index (χ2n) is 7.92. The minimum Gasteiger partial charge on any atom is -0.370 e. The second kappa shape index (κ2) is 6.70. The summed E-state index contributed by atoms with van der Waals surface area (Å²) in [6, 6.07) is 4.15. The Balaban J connectivity index is 1.33. The number of amides is 2. The Kier molecular flexibility index (Phi) is 4.28. The first-order chi connectivity index (χ1) is 13.6. The zero-order valence-corrected chi connectivity index (χ0v) is 16.8. The topological polar surface area (TPSA) is 76.5 Å². The van der Waals surface area contributed by atoms with Crippen LogP contribution in [0.25, 0.3) is 0 Å². The molecule has 1 spiro atoms. The lowest BCUT2D eigenvalue weighted by molar-refractivity contribution is -0.0927. The zero-order valence-electron chi connectivity index (χ0n) is 15.9. The molecule has 4 heterocycles. The minimum atomic E-state index is -0.370. The molecular weight excluding hydrogens is 376 g/mol. The van der Waals surface area contributed by atoms with Crippen LogP contribution in [-0.2, 0) is 23.8 Å². The maximum absolute atomic E-state index is 12.8. The Hall–Kier alpha value is -2.19. The van der Waals surface area contributed by atoms with Crippen LogP contribution in [0.4, 0.5) is 0 Å². The standard InChI is InChI=1S/C20H24N4O3S/c1-23-15(4-8-21-23)19(26)24-9-6-20(7-10-24)14-12-17(18(25)22-13-2-3-13)28-16(14)5-11-27-20/h4,8,12-13H,2-3,5-7,9-11H2,1H3,(H,22,25). The highest BCUT2D eigenvalue weighted by Gasteiger charge is 2.43. The van der Waals surface area contributed by atoms with E-state index in [1.54, 1.807) is 35.3 Å². The van der Waals surface area contributed by atoms with Crippen LogP contribution in [0.3, 0.4) is 0 Å². The van der Waals surface area contributed by atoms with E-state index < -0.39 is 0 Å². The number of rotatable bonds is 3. The quantitative estimate of drug-likeness (QED) is 0.856. The predicted molar refractivity (Wildman–Crippen MR) is 104 cm³/mol. The van der Waals surface area contributed by atoms with Gasteiger partial charge in [-0.15, -0.1) is 11.3 Å². The molecule has 148 valence electrons. The Morgan fingerprint density at radius 1 is 1.32 bits per heavy atom. The summed E-state index contributed by atoms with van der Waals surface area (Å²) in [5.74, 6) is 0.0570. The Bertz CT molecular complexity index is 922. The van der Waals surface area contributed by atoms with E-state index in [2.05, 4.69) is 10.4 Å². The summed E-state index contributed by atoms with van der Waals surface area (Å²) in [4.78, 5) is 29.2. The van der Waals surface area contributed by atoms with Crippen LogP contribution in [0, 0.1) is 0 Å². The van der Waals surface area contributed by atoms with Crippen molar-refractivity contribution >= 4 is 23.2 Å². The Labute approximate surface area is 167 Å². The van der Waals surface area contributed by atoms with Crippen molar-refractivity contribution in [3.05, 3.63) is 39.3 Å². The van der Waals surface area contributed by atoms with Crippen LogP contribution < -0.4 is 5.32 Å². The zero-order chi connectivity index (χ0) is 19.3. The van der Waals surface area contributed by atoms with Gasteiger partial charge < -0.3 is 15.0 Å². The third-order valence-electron chi connectivity index (χ3n) is 6.04. The largest absolute Gasteiger partial charge is 0.370 e. The van der Waals surface area contributed by atoms with E-state index in [0.29, 0.717) is 31.4 Å². The SMILES string of the molecule is Cn1nccc1C(=O)N1CCC2(CC1)OCCc1sc(C(=O)NC3CC3)cc12. The fraction of sp³-hybridized carbons (Fsp3) is 0.550. The number of carbonyl (C=O) groups excluding carboxylic acids is 2. The number of fused-ring (bicyclic) bond motifs is 2. The summed E-state index contributed by atoms with van der Waals surface area (Å²) in [6.45, 7) is 1.96. The number of piperidine rings is 1. The molecule has 28 heavy (non-hydrogen) atoms. The van der Waals surface area contributed by atoms with E-state index in [-0.39, 0.29) is 17.4 Å². The number of carbonyl (C=O) groups is 2. The second-order valence-corrected chi connectivity index (χ2v) is 9.06. The molecule has 1 saturated heterocycles. The summed E-state index contributed by atoms with van der Waals surface area (Å²) < 4.78 is 7.90. The van der Waals surface area contributed by atoms with Crippen molar-refractivity contribution in [3.63, 3.8) is 0 Å². The smallest absolute Gasteiger partial charge is 0.272 e. The molecule has 0 bridgehead atoms. The number of ether oxygens (including phenoxy) is 1. The monoisotopic (exact) mass is 400 g/mol. The summed E-state index contributed by atoms with van der Waals surface area (Å²) in [7, 11) is 1.79. The highest BCUT2D eigenvalue weighted by molar-refractivity contribution is 7.14. The van der Waals surface area contributed by atoms with Gasteiger partial charge in [0.25, 0.3) is 11.8 Å². The van der Waals surface area contributed by atoms with Crippen molar-refractivity contribution in [1.29, 1.82) is 0 Å². The molecule has 3 aliphatic rings. The van der Waals surface area contributed by atoms with E-state index >= 15 is 0 Å². The van der Waals surface area contributed by atoms with Gasteiger partial charge in [-0.25, -0.2) is 0 Å². The molecule has 2 aromatic rings. The highest BCUT2D eigenvalue weighted by atomic mass is 32.1. The molecule has 0 unspecified atom stereocenters. The molecule has 1 N–H and O–H groups in total. The fourth-order valence-electron chi connectivity index (χ4n) is 4.24. The fourth-order valence-corrected chi connectivity index (χ4v) is 5.38. The lowest BCUT2D eigenvalue weighted by Gasteiger charge is -2.44. The first-order valence-electron chi connectivity index (χ1n) is 9.91. The van der Waals surface area contributed by atoms with Gasteiger partial charge in [0, 0.05) is 43.7 Å². The number of nitrogens with zero attached hydrogens (tertiary/aromatic N) is 3. The Morgan fingerprint density at radius 3 is 2.79 bits per heavy atom. The third kappa shape index (κ3) is 3.04. The number of likely N-dealkylation sites (tertiary alicyclic amines) is 1. The van der Waals surface area contributed by atoms with Gasteiger partial charge in [0.1, 0.15) is 5.69 Å². The first-order valence-corrected chi connectivity index (χ1v) is 10.7. The number of aromatic nitrogens is 2. The molecule has 5 rings (SSSR count). The van der Waals surface area contributed by atoms with Crippen LogP contribution in [0.1, 0.15) is 56.3 Å². The number of hydrogen-bond acceptors (Lipinski definition) is 5. The van der Waals surface area contributed by atoms with Gasteiger partial charge >= 0.3 is 0 Å². The van der Waals surface area contributed by atoms with Gasteiger partial charge in [0.05, 0.1) is 17.1 Å². The van der Waals surface area contributed by atoms with Crippen LogP contribution in [0.15, 0.2) is 18.3 Å². The maximum atomic E-state index is 12.8. The molecule has 0 aromatic carbocycles. The van der Waals surface area contributed by atoms with Crippen molar-refractivity contribution in [3.8, 4) is 0 Å². The van der Waals surface area contributed by atoms with Crippen LogP contribution >= 0.6 is 11.3 Å².